The van der Waals surface area contributed by atoms with Gasteiger partial charge in [0.25, 0.3) is 0 Å². The topological polar surface area (TPSA) is 29.5 Å². The van der Waals surface area contributed by atoms with Crippen LogP contribution in [0.3, 0.4) is 0 Å². The Labute approximate surface area is 134 Å². The van der Waals surface area contributed by atoms with Gasteiger partial charge in [-0.25, -0.2) is 13.2 Å². The molecule has 3 rings (SSSR count). The van der Waals surface area contributed by atoms with E-state index >= 15 is 0 Å². The molecule has 1 aliphatic heterocycles. The van der Waals surface area contributed by atoms with Gasteiger partial charge >= 0.3 is 0 Å². The monoisotopic (exact) mass is 328 g/mol. The van der Waals surface area contributed by atoms with Crippen LogP contribution in [0.5, 0.6) is 5.75 Å². The van der Waals surface area contributed by atoms with Crippen LogP contribution in [0.15, 0.2) is 12.1 Å². The number of ether oxygens (including phenoxy) is 1. The van der Waals surface area contributed by atoms with Crippen LogP contribution in [0.4, 0.5) is 13.2 Å². The fourth-order valence-electron chi connectivity index (χ4n) is 3.95. The maximum Gasteiger partial charge on any atom is 0.187 e. The highest BCUT2D eigenvalue weighted by Gasteiger charge is 2.37. The Kier molecular flexibility index (Phi) is 4.85. The van der Waals surface area contributed by atoms with Gasteiger partial charge < -0.3 is 9.84 Å². The maximum absolute atomic E-state index is 14.5. The zero-order chi connectivity index (χ0) is 16.6. The average Bonchev–Trinajstić information content (AvgIpc) is 2.53. The predicted molar refractivity (Wildman–Crippen MR) is 80.8 cm³/mol. The summed E-state index contributed by atoms with van der Waals surface area (Å²) >= 11 is 0. The Morgan fingerprint density at radius 3 is 2.22 bits per heavy atom. The molecule has 0 amide bonds. The molecular weight excluding hydrogens is 305 g/mol. The Balaban J connectivity index is 1.67. The summed E-state index contributed by atoms with van der Waals surface area (Å²) in [5, 5.41) is 9.14. The average molecular weight is 328 g/mol. The van der Waals surface area contributed by atoms with Crippen molar-refractivity contribution in [1.29, 1.82) is 0 Å². The second-order valence-corrected chi connectivity index (χ2v) is 7.12. The molecule has 1 aliphatic carbocycles. The van der Waals surface area contributed by atoms with Crippen molar-refractivity contribution in [3.8, 4) is 5.75 Å². The first-order chi connectivity index (χ1) is 11.0. The molecule has 2 fully saturated rings. The van der Waals surface area contributed by atoms with Gasteiger partial charge in [-0.1, -0.05) is 19.8 Å². The highest BCUT2D eigenvalue weighted by atomic mass is 19.1. The summed E-state index contributed by atoms with van der Waals surface area (Å²) in [6.45, 7) is 2.67. The smallest absolute Gasteiger partial charge is 0.187 e. The number of benzene rings is 1. The van der Waals surface area contributed by atoms with Crippen molar-refractivity contribution in [2.75, 3.05) is 6.61 Å². The maximum atomic E-state index is 14.5. The van der Waals surface area contributed by atoms with Crippen LogP contribution in [0, 0.1) is 29.4 Å². The molecule has 1 aromatic rings. The van der Waals surface area contributed by atoms with Gasteiger partial charge in [-0.05, 0) is 54.7 Å². The van der Waals surface area contributed by atoms with Crippen LogP contribution in [0.1, 0.15) is 50.7 Å². The van der Waals surface area contributed by atoms with Gasteiger partial charge in [0, 0.05) is 0 Å². The minimum absolute atomic E-state index is 0.112. The third-order valence-corrected chi connectivity index (χ3v) is 5.44. The highest BCUT2D eigenvalue weighted by Crippen LogP contribution is 2.42. The van der Waals surface area contributed by atoms with Gasteiger partial charge in [-0.2, -0.15) is 0 Å². The molecule has 2 aliphatic rings. The number of aromatic hydroxyl groups is 1. The fourth-order valence-corrected chi connectivity index (χ4v) is 3.95. The quantitative estimate of drug-likeness (QED) is 0.835. The summed E-state index contributed by atoms with van der Waals surface area (Å²) in [6.07, 6.45) is 2.69. The number of hydrogen-bond acceptors (Lipinski definition) is 2. The van der Waals surface area contributed by atoms with Crippen molar-refractivity contribution in [1.82, 2.24) is 0 Å². The lowest BCUT2D eigenvalue weighted by molar-refractivity contribution is -0.0872. The third-order valence-electron chi connectivity index (χ3n) is 5.44. The van der Waals surface area contributed by atoms with E-state index in [0.29, 0.717) is 18.9 Å². The Hall–Kier alpha value is -1.23. The number of phenols is 1. The second kappa shape index (κ2) is 6.71. The van der Waals surface area contributed by atoms with E-state index < -0.39 is 29.7 Å². The standard InChI is InChI=1S/C18H23F3O2/c1-10-2-4-11(5-3-10)13-8-16(21)18(23-9-13)12-6-14(19)17(22)15(20)7-12/h6-7,10-11,13,16,18,22H,2-5,8-9H2,1H3. The van der Waals surface area contributed by atoms with Crippen LogP contribution in [-0.2, 0) is 4.74 Å². The summed E-state index contributed by atoms with van der Waals surface area (Å²) in [6, 6.07) is 1.91. The lowest BCUT2D eigenvalue weighted by atomic mass is 9.74. The predicted octanol–water partition coefficient (Wildman–Crippen LogP) is 4.91. The van der Waals surface area contributed by atoms with Crippen molar-refractivity contribution in [3.63, 3.8) is 0 Å². The van der Waals surface area contributed by atoms with E-state index in [1.165, 1.54) is 12.8 Å². The first-order valence-electron chi connectivity index (χ1n) is 8.39. The first-order valence-corrected chi connectivity index (χ1v) is 8.39. The highest BCUT2D eigenvalue weighted by molar-refractivity contribution is 5.32. The van der Waals surface area contributed by atoms with E-state index in [9.17, 15) is 13.2 Å². The van der Waals surface area contributed by atoms with Crippen molar-refractivity contribution < 1.29 is 23.0 Å². The summed E-state index contributed by atoms with van der Waals surface area (Å²) in [7, 11) is 0. The largest absolute Gasteiger partial charge is 0.503 e. The normalized spacial score (nSPS) is 35.2. The van der Waals surface area contributed by atoms with Gasteiger partial charge in [0.1, 0.15) is 12.3 Å². The van der Waals surface area contributed by atoms with Crippen molar-refractivity contribution in [2.24, 2.45) is 17.8 Å². The summed E-state index contributed by atoms with van der Waals surface area (Å²) < 4.78 is 47.1. The van der Waals surface area contributed by atoms with Crippen molar-refractivity contribution in [2.45, 2.75) is 51.3 Å². The lowest BCUT2D eigenvalue weighted by Gasteiger charge is -2.39. The molecule has 128 valence electrons. The van der Waals surface area contributed by atoms with E-state index in [0.717, 1.165) is 30.9 Å². The summed E-state index contributed by atoms with van der Waals surface area (Å²) in [4.78, 5) is 0. The zero-order valence-electron chi connectivity index (χ0n) is 13.3. The molecule has 1 N–H and O–H groups in total. The SMILES string of the molecule is CC1CCC(C2COC(c3cc(F)c(O)c(F)c3)C(F)C2)CC1. The number of alkyl halides is 1. The second-order valence-electron chi connectivity index (χ2n) is 7.12. The molecule has 1 saturated heterocycles. The molecule has 1 saturated carbocycles. The van der Waals surface area contributed by atoms with Crippen LogP contribution in [0.25, 0.3) is 0 Å². The summed E-state index contributed by atoms with van der Waals surface area (Å²) in [5.74, 6) is -1.79. The summed E-state index contributed by atoms with van der Waals surface area (Å²) in [5.41, 5.74) is 0.112. The van der Waals surface area contributed by atoms with E-state index in [-0.39, 0.29) is 11.5 Å². The first kappa shape index (κ1) is 16.6. The Morgan fingerprint density at radius 1 is 1.04 bits per heavy atom. The minimum Gasteiger partial charge on any atom is -0.503 e. The molecule has 1 aromatic carbocycles. The number of phenolic OH excluding ortho intramolecular Hbond substituents is 1. The van der Waals surface area contributed by atoms with E-state index in [2.05, 4.69) is 6.92 Å². The van der Waals surface area contributed by atoms with Crippen molar-refractivity contribution in [3.05, 3.63) is 29.3 Å². The molecule has 0 bridgehead atoms. The van der Waals surface area contributed by atoms with Gasteiger partial charge in [-0.3, -0.25) is 0 Å². The number of halogens is 3. The van der Waals surface area contributed by atoms with Gasteiger partial charge in [0.05, 0.1) is 6.61 Å². The molecule has 0 aromatic heterocycles. The number of rotatable bonds is 2. The van der Waals surface area contributed by atoms with Crippen molar-refractivity contribution >= 4 is 0 Å². The minimum atomic E-state index is -1.28. The van der Waals surface area contributed by atoms with Crippen LogP contribution in [0.2, 0.25) is 0 Å². The molecule has 1 heterocycles. The molecule has 5 heteroatoms. The molecule has 2 nitrogen and oxygen atoms in total. The van der Waals surface area contributed by atoms with E-state index in [1.807, 2.05) is 0 Å². The molecule has 3 atom stereocenters. The molecule has 0 radical (unpaired) electrons. The van der Waals surface area contributed by atoms with Crippen LogP contribution in [-0.4, -0.2) is 17.9 Å². The molecule has 23 heavy (non-hydrogen) atoms. The van der Waals surface area contributed by atoms with Crippen LogP contribution < -0.4 is 0 Å². The van der Waals surface area contributed by atoms with E-state index in [4.69, 9.17) is 9.84 Å². The van der Waals surface area contributed by atoms with Gasteiger partial charge in [0.15, 0.2) is 17.4 Å². The van der Waals surface area contributed by atoms with Crippen LogP contribution >= 0.6 is 0 Å². The Morgan fingerprint density at radius 2 is 1.65 bits per heavy atom. The zero-order valence-corrected chi connectivity index (χ0v) is 13.3. The fraction of sp³-hybridized carbons (Fsp3) is 0.667. The molecule has 3 unspecified atom stereocenters. The van der Waals surface area contributed by atoms with Gasteiger partial charge in [-0.15, -0.1) is 0 Å². The van der Waals surface area contributed by atoms with E-state index in [1.54, 1.807) is 0 Å². The molecular formula is C18H23F3O2. The Bertz CT molecular complexity index is 532. The third kappa shape index (κ3) is 3.49. The van der Waals surface area contributed by atoms with Gasteiger partial charge in [0.2, 0.25) is 0 Å². The molecule has 0 spiro atoms. The number of hydrogen-bond donors (Lipinski definition) is 1. The lowest BCUT2D eigenvalue weighted by Crippen LogP contribution is -2.35.